The molecule has 2 heterocycles. The lowest BCUT2D eigenvalue weighted by Crippen LogP contribution is -2.40. The van der Waals surface area contributed by atoms with Crippen molar-refractivity contribution in [2.45, 2.75) is 31.9 Å². The van der Waals surface area contributed by atoms with E-state index < -0.39 is 17.7 Å². The maximum Gasteiger partial charge on any atom is 0.416 e. The van der Waals surface area contributed by atoms with Gasteiger partial charge in [0.25, 0.3) is 0 Å². The summed E-state index contributed by atoms with van der Waals surface area (Å²) in [6.45, 7) is 1.55. The van der Waals surface area contributed by atoms with Crippen LogP contribution in [0, 0.1) is 5.92 Å². The molecule has 3 rings (SSSR count). The zero-order chi connectivity index (χ0) is 17.3. The topological polar surface area (TPSA) is 40.6 Å². The third kappa shape index (κ3) is 3.39. The van der Waals surface area contributed by atoms with Gasteiger partial charge in [-0.05, 0) is 37.5 Å². The summed E-state index contributed by atoms with van der Waals surface area (Å²) in [6.07, 6.45) is -1.37. The third-order valence-electron chi connectivity index (χ3n) is 4.63. The number of rotatable bonds is 2. The first-order valence-corrected chi connectivity index (χ1v) is 8.12. The molecule has 2 aliphatic heterocycles. The van der Waals surface area contributed by atoms with Gasteiger partial charge in [0.15, 0.2) is 0 Å². The number of alkyl halides is 3. The van der Waals surface area contributed by atoms with Crippen LogP contribution in [-0.4, -0.2) is 36.3 Å². The van der Waals surface area contributed by atoms with Crippen molar-refractivity contribution in [1.82, 2.24) is 4.90 Å². The zero-order valence-electron chi connectivity index (χ0n) is 13.2. The minimum absolute atomic E-state index is 0.0578. The van der Waals surface area contributed by atoms with E-state index in [-0.39, 0.29) is 30.5 Å². The predicted octanol–water partition coefficient (Wildman–Crippen LogP) is 3.07. The van der Waals surface area contributed by atoms with E-state index in [1.54, 1.807) is 4.90 Å². The highest BCUT2D eigenvalue weighted by atomic mass is 19.4. The maximum absolute atomic E-state index is 12.8. The summed E-state index contributed by atoms with van der Waals surface area (Å²) in [4.78, 5) is 27.8. The van der Waals surface area contributed by atoms with Gasteiger partial charge in [-0.15, -0.1) is 0 Å². The fourth-order valence-electron chi connectivity index (χ4n) is 3.35. The average molecular weight is 340 g/mol. The van der Waals surface area contributed by atoms with E-state index in [2.05, 4.69) is 0 Å². The van der Waals surface area contributed by atoms with Gasteiger partial charge in [-0.25, -0.2) is 0 Å². The van der Waals surface area contributed by atoms with Crippen molar-refractivity contribution in [2.75, 3.05) is 24.5 Å². The Morgan fingerprint density at radius 1 is 1.12 bits per heavy atom. The Hall–Kier alpha value is -2.05. The number of benzene rings is 1. The highest BCUT2D eigenvalue weighted by Crippen LogP contribution is 2.33. The number of carbonyl (C=O) groups excluding carboxylic acids is 2. The van der Waals surface area contributed by atoms with Crippen LogP contribution in [0.2, 0.25) is 0 Å². The molecule has 0 saturated carbocycles. The Labute approximate surface area is 138 Å². The van der Waals surface area contributed by atoms with Crippen LogP contribution in [-0.2, 0) is 15.8 Å². The molecule has 7 heteroatoms. The number of anilines is 1. The van der Waals surface area contributed by atoms with Crippen LogP contribution in [0.3, 0.4) is 0 Å². The van der Waals surface area contributed by atoms with E-state index in [1.165, 1.54) is 17.0 Å². The summed E-state index contributed by atoms with van der Waals surface area (Å²) in [5, 5.41) is 0. The fraction of sp³-hybridized carbons (Fsp3) is 0.529. The normalized spacial score (nSPS) is 22.1. The second kappa shape index (κ2) is 6.45. The molecule has 24 heavy (non-hydrogen) atoms. The van der Waals surface area contributed by atoms with Crippen LogP contribution in [0.5, 0.6) is 0 Å². The molecule has 0 aliphatic carbocycles. The summed E-state index contributed by atoms with van der Waals surface area (Å²) >= 11 is 0. The molecule has 130 valence electrons. The summed E-state index contributed by atoms with van der Waals surface area (Å²) in [5.74, 6) is -0.827. The molecular formula is C17H19F3N2O2. The molecule has 0 N–H and O–H groups in total. The number of piperidine rings is 1. The van der Waals surface area contributed by atoms with E-state index in [1.807, 2.05) is 0 Å². The molecule has 1 aromatic carbocycles. The standard InChI is InChI=1S/C17H19F3N2O2/c18-17(19,20)13-5-4-6-14(10-13)22-11-12(9-15(22)23)16(24)21-7-2-1-3-8-21/h4-6,10,12H,1-3,7-9,11H2. The van der Waals surface area contributed by atoms with Gasteiger partial charge in [0.1, 0.15) is 0 Å². The second-order valence-corrected chi connectivity index (χ2v) is 6.34. The Kier molecular flexibility index (Phi) is 4.51. The number of halogens is 3. The lowest BCUT2D eigenvalue weighted by atomic mass is 10.0. The van der Waals surface area contributed by atoms with Crippen LogP contribution in [0.25, 0.3) is 0 Å². The van der Waals surface area contributed by atoms with Gasteiger partial charge in [-0.2, -0.15) is 13.2 Å². The molecule has 4 nitrogen and oxygen atoms in total. The number of hydrogen-bond donors (Lipinski definition) is 0. The largest absolute Gasteiger partial charge is 0.416 e. The summed E-state index contributed by atoms with van der Waals surface area (Å²) < 4.78 is 38.5. The van der Waals surface area contributed by atoms with Gasteiger partial charge >= 0.3 is 6.18 Å². The van der Waals surface area contributed by atoms with Crippen LogP contribution in [0.4, 0.5) is 18.9 Å². The molecule has 1 atom stereocenters. The van der Waals surface area contributed by atoms with E-state index in [9.17, 15) is 22.8 Å². The van der Waals surface area contributed by atoms with Crippen molar-refractivity contribution in [1.29, 1.82) is 0 Å². The van der Waals surface area contributed by atoms with Crippen molar-refractivity contribution in [3.63, 3.8) is 0 Å². The smallest absolute Gasteiger partial charge is 0.342 e. The van der Waals surface area contributed by atoms with Gasteiger partial charge in [0, 0.05) is 31.7 Å². The van der Waals surface area contributed by atoms with Crippen molar-refractivity contribution < 1.29 is 22.8 Å². The van der Waals surface area contributed by atoms with E-state index in [0.717, 1.165) is 31.4 Å². The number of likely N-dealkylation sites (tertiary alicyclic amines) is 1. The lowest BCUT2D eigenvalue weighted by Gasteiger charge is -2.29. The highest BCUT2D eigenvalue weighted by Gasteiger charge is 2.38. The molecule has 0 aromatic heterocycles. The molecule has 1 aromatic rings. The van der Waals surface area contributed by atoms with Gasteiger partial charge in [0.05, 0.1) is 11.5 Å². The summed E-state index contributed by atoms with van der Waals surface area (Å²) in [6, 6.07) is 4.69. The average Bonchev–Trinajstić information content (AvgIpc) is 2.96. The van der Waals surface area contributed by atoms with Gasteiger partial charge in [-0.1, -0.05) is 6.07 Å². The first-order valence-electron chi connectivity index (χ1n) is 8.12. The number of carbonyl (C=O) groups is 2. The van der Waals surface area contributed by atoms with Gasteiger partial charge in [-0.3, -0.25) is 9.59 Å². The fourth-order valence-corrected chi connectivity index (χ4v) is 3.35. The van der Waals surface area contributed by atoms with E-state index in [0.29, 0.717) is 13.1 Å². The Balaban J connectivity index is 1.74. The molecule has 2 aliphatic rings. The first kappa shape index (κ1) is 16.8. The Morgan fingerprint density at radius 3 is 2.50 bits per heavy atom. The molecule has 2 amide bonds. The summed E-state index contributed by atoms with van der Waals surface area (Å²) in [5.41, 5.74) is -0.595. The van der Waals surface area contributed by atoms with Crippen LogP contribution < -0.4 is 4.90 Å². The number of nitrogens with zero attached hydrogens (tertiary/aromatic N) is 2. The minimum Gasteiger partial charge on any atom is -0.342 e. The molecule has 2 saturated heterocycles. The van der Waals surface area contributed by atoms with Crippen molar-refractivity contribution in [2.24, 2.45) is 5.92 Å². The molecule has 0 radical (unpaired) electrons. The minimum atomic E-state index is -4.46. The molecule has 1 unspecified atom stereocenters. The summed E-state index contributed by atoms with van der Waals surface area (Å²) in [7, 11) is 0. The maximum atomic E-state index is 12.8. The van der Waals surface area contributed by atoms with Gasteiger partial charge in [0.2, 0.25) is 11.8 Å². The third-order valence-corrected chi connectivity index (χ3v) is 4.63. The monoisotopic (exact) mass is 340 g/mol. The van der Waals surface area contributed by atoms with Gasteiger partial charge < -0.3 is 9.80 Å². The first-order chi connectivity index (χ1) is 11.4. The Morgan fingerprint density at radius 2 is 1.83 bits per heavy atom. The molecular weight excluding hydrogens is 321 g/mol. The quantitative estimate of drug-likeness (QED) is 0.830. The van der Waals surface area contributed by atoms with Crippen LogP contribution in [0.1, 0.15) is 31.2 Å². The lowest BCUT2D eigenvalue weighted by molar-refractivity contribution is -0.137. The van der Waals surface area contributed by atoms with Crippen molar-refractivity contribution >= 4 is 17.5 Å². The van der Waals surface area contributed by atoms with Crippen molar-refractivity contribution in [3.8, 4) is 0 Å². The SMILES string of the molecule is O=C(C1CC(=O)N(c2cccc(C(F)(F)F)c2)C1)N1CCCCC1. The van der Waals surface area contributed by atoms with E-state index >= 15 is 0 Å². The Bertz CT molecular complexity index is 639. The highest BCUT2D eigenvalue weighted by molar-refractivity contribution is 6.00. The molecule has 2 fully saturated rings. The number of amides is 2. The van der Waals surface area contributed by atoms with E-state index in [4.69, 9.17) is 0 Å². The van der Waals surface area contributed by atoms with Crippen LogP contribution >= 0.6 is 0 Å². The molecule has 0 bridgehead atoms. The number of hydrogen-bond acceptors (Lipinski definition) is 2. The van der Waals surface area contributed by atoms with Crippen molar-refractivity contribution in [3.05, 3.63) is 29.8 Å². The second-order valence-electron chi connectivity index (χ2n) is 6.34. The predicted molar refractivity (Wildman–Crippen MR) is 82.3 cm³/mol. The molecule has 0 spiro atoms. The van der Waals surface area contributed by atoms with Crippen LogP contribution in [0.15, 0.2) is 24.3 Å². The zero-order valence-corrected chi connectivity index (χ0v) is 13.2.